The molecular weight excluding hydrogens is 273 g/mol. The first-order chi connectivity index (χ1) is 9.31. The number of hydrogen-bond acceptors (Lipinski definition) is 2. The summed E-state index contributed by atoms with van der Waals surface area (Å²) < 4.78 is 38.9. The number of amides is 2. The first-order valence-electron chi connectivity index (χ1n) is 5.67. The van der Waals surface area contributed by atoms with E-state index < -0.39 is 41.5 Å². The molecule has 1 aromatic rings. The quantitative estimate of drug-likeness (QED) is 0.658. The fourth-order valence-corrected chi connectivity index (χ4v) is 1.30. The van der Waals surface area contributed by atoms with Crippen molar-refractivity contribution in [1.29, 1.82) is 0 Å². The third kappa shape index (κ3) is 4.42. The monoisotopic (exact) mass is 286 g/mol. The molecule has 0 unspecified atom stereocenters. The van der Waals surface area contributed by atoms with E-state index in [2.05, 4.69) is 5.32 Å². The molecule has 0 atom stereocenters. The largest absolute Gasteiger partial charge is 0.343 e. The van der Waals surface area contributed by atoms with Crippen molar-refractivity contribution in [3.8, 4) is 0 Å². The fraction of sp³-hybridized carbons (Fsp3) is 0.231. The molecule has 108 valence electrons. The van der Waals surface area contributed by atoms with Crippen molar-refractivity contribution < 1.29 is 22.8 Å². The summed E-state index contributed by atoms with van der Waals surface area (Å²) in [5.74, 6) is -5.75. The molecule has 0 fully saturated rings. The van der Waals surface area contributed by atoms with E-state index in [1.54, 1.807) is 13.8 Å². The first-order valence-corrected chi connectivity index (χ1v) is 5.67. The molecule has 0 spiro atoms. The van der Waals surface area contributed by atoms with Crippen LogP contribution in [0.5, 0.6) is 0 Å². The van der Waals surface area contributed by atoms with Gasteiger partial charge in [-0.3, -0.25) is 9.59 Å². The van der Waals surface area contributed by atoms with Gasteiger partial charge in [-0.2, -0.15) is 0 Å². The van der Waals surface area contributed by atoms with E-state index in [9.17, 15) is 22.8 Å². The molecule has 0 saturated carbocycles. The van der Waals surface area contributed by atoms with Gasteiger partial charge in [-0.25, -0.2) is 13.2 Å². The standard InChI is InChI=1S/C13H13F3N2O2/c1-7(2)5-10(19)17-6-11(20)18-9-4-3-8(14)12(15)13(9)16/h3-5H,6H2,1-2H3,(H,17,19)(H,18,20). The lowest BCUT2D eigenvalue weighted by Crippen LogP contribution is -2.32. The molecule has 2 amide bonds. The normalized spacial score (nSPS) is 9.85. The summed E-state index contributed by atoms with van der Waals surface area (Å²) in [5.41, 5.74) is 0.250. The van der Waals surface area contributed by atoms with Gasteiger partial charge in [-0.1, -0.05) is 5.57 Å². The van der Waals surface area contributed by atoms with Crippen LogP contribution in [-0.2, 0) is 9.59 Å². The van der Waals surface area contributed by atoms with Crippen LogP contribution in [-0.4, -0.2) is 18.4 Å². The summed E-state index contributed by atoms with van der Waals surface area (Å²) in [5, 5.41) is 4.29. The predicted octanol–water partition coefficient (Wildman–Crippen LogP) is 2.12. The summed E-state index contributed by atoms with van der Waals surface area (Å²) in [6, 6.07) is 1.58. The van der Waals surface area contributed by atoms with Crippen LogP contribution in [0.3, 0.4) is 0 Å². The SMILES string of the molecule is CC(C)=CC(=O)NCC(=O)Nc1ccc(F)c(F)c1F. The van der Waals surface area contributed by atoms with Crippen LogP contribution < -0.4 is 10.6 Å². The lowest BCUT2D eigenvalue weighted by Gasteiger charge is -2.07. The number of carbonyl (C=O) groups excluding carboxylic acids is 2. The number of allylic oxidation sites excluding steroid dienone is 1. The molecule has 0 aliphatic heterocycles. The highest BCUT2D eigenvalue weighted by molar-refractivity contribution is 5.96. The van der Waals surface area contributed by atoms with Crippen LogP contribution in [0.25, 0.3) is 0 Å². The van der Waals surface area contributed by atoms with Crippen molar-refractivity contribution in [2.45, 2.75) is 13.8 Å². The third-order valence-corrected chi connectivity index (χ3v) is 2.15. The Kier molecular flexibility index (Phi) is 5.31. The molecule has 0 aliphatic rings. The van der Waals surface area contributed by atoms with Crippen LogP contribution in [0.1, 0.15) is 13.8 Å². The van der Waals surface area contributed by atoms with E-state index in [1.807, 2.05) is 5.32 Å². The van der Waals surface area contributed by atoms with Gasteiger partial charge in [-0.15, -0.1) is 0 Å². The Labute approximate surface area is 113 Å². The van der Waals surface area contributed by atoms with Crippen LogP contribution in [0.15, 0.2) is 23.8 Å². The van der Waals surface area contributed by atoms with Crippen LogP contribution in [0, 0.1) is 17.5 Å². The minimum atomic E-state index is -1.67. The van der Waals surface area contributed by atoms with Crippen LogP contribution in [0.4, 0.5) is 18.9 Å². The maximum Gasteiger partial charge on any atom is 0.244 e. The van der Waals surface area contributed by atoms with Crippen molar-refractivity contribution in [3.63, 3.8) is 0 Å². The van der Waals surface area contributed by atoms with Gasteiger partial charge in [-0.05, 0) is 26.0 Å². The Morgan fingerprint density at radius 2 is 1.80 bits per heavy atom. The average molecular weight is 286 g/mol. The number of benzene rings is 1. The highest BCUT2D eigenvalue weighted by Gasteiger charge is 2.15. The number of carbonyl (C=O) groups is 2. The number of rotatable bonds is 4. The fourth-order valence-electron chi connectivity index (χ4n) is 1.30. The van der Waals surface area contributed by atoms with Crippen molar-refractivity contribution in [3.05, 3.63) is 41.2 Å². The molecule has 1 aromatic carbocycles. The molecule has 4 nitrogen and oxygen atoms in total. The summed E-state index contributed by atoms with van der Waals surface area (Å²) in [6.45, 7) is 2.99. The zero-order chi connectivity index (χ0) is 15.3. The van der Waals surface area contributed by atoms with E-state index in [0.717, 1.165) is 11.6 Å². The molecule has 20 heavy (non-hydrogen) atoms. The van der Waals surface area contributed by atoms with Gasteiger partial charge in [0.05, 0.1) is 12.2 Å². The Balaban J connectivity index is 2.62. The number of hydrogen-bond donors (Lipinski definition) is 2. The van der Waals surface area contributed by atoms with Gasteiger partial charge in [0.15, 0.2) is 17.5 Å². The lowest BCUT2D eigenvalue weighted by atomic mass is 10.2. The summed E-state index contributed by atoms with van der Waals surface area (Å²) in [7, 11) is 0. The molecule has 0 radical (unpaired) electrons. The molecule has 0 aliphatic carbocycles. The predicted molar refractivity (Wildman–Crippen MR) is 67.4 cm³/mol. The second-order valence-electron chi connectivity index (χ2n) is 4.21. The summed E-state index contributed by atoms with van der Waals surface area (Å²) in [6.07, 6.45) is 1.28. The second kappa shape index (κ2) is 6.74. The molecule has 0 heterocycles. The lowest BCUT2D eigenvalue weighted by molar-refractivity contribution is -0.121. The molecule has 0 saturated heterocycles. The molecule has 1 rings (SSSR count). The highest BCUT2D eigenvalue weighted by atomic mass is 19.2. The van der Waals surface area contributed by atoms with Crippen molar-refractivity contribution in [1.82, 2.24) is 5.32 Å². The topological polar surface area (TPSA) is 58.2 Å². The van der Waals surface area contributed by atoms with E-state index in [1.165, 1.54) is 6.08 Å². The second-order valence-corrected chi connectivity index (χ2v) is 4.21. The van der Waals surface area contributed by atoms with Crippen LogP contribution >= 0.6 is 0 Å². The Morgan fingerprint density at radius 3 is 2.40 bits per heavy atom. The third-order valence-electron chi connectivity index (χ3n) is 2.15. The van der Waals surface area contributed by atoms with Crippen molar-refractivity contribution in [2.75, 3.05) is 11.9 Å². The Morgan fingerprint density at radius 1 is 1.15 bits per heavy atom. The minimum Gasteiger partial charge on any atom is -0.343 e. The number of nitrogens with one attached hydrogen (secondary N) is 2. The maximum atomic E-state index is 13.3. The van der Waals surface area contributed by atoms with Gasteiger partial charge >= 0.3 is 0 Å². The molecule has 0 aromatic heterocycles. The van der Waals surface area contributed by atoms with Crippen LogP contribution in [0.2, 0.25) is 0 Å². The van der Waals surface area contributed by atoms with Gasteiger partial charge in [0, 0.05) is 6.08 Å². The highest BCUT2D eigenvalue weighted by Crippen LogP contribution is 2.19. The number of anilines is 1. The van der Waals surface area contributed by atoms with Crippen molar-refractivity contribution in [2.24, 2.45) is 0 Å². The average Bonchev–Trinajstić information content (AvgIpc) is 2.36. The Hall–Kier alpha value is -2.31. The molecule has 0 bridgehead atoms. The molecular formula is C13H13F3N2O2. The molecule has 7 heteroatoms. The van der Waals surface area contributed by atoms with E-state index in [0.29, 0.717) is 6.07 Å². The van der Waals surface area contributed by atoms with E-state index >= 15 is 0 Å². The van der Waals surface area contributed by atoms with Gasteiger partial charge < -0.3 is 10.6 Å². The zero-order valence-electron chi connectivity index (χ0n) is 10.9. The van der Waals surface area contributed by atoms with Gasteiger partial charge in [0.2, 0.25) is 11.8 Å². The first kappa shape index (κ1) is 15.7. The summed E-state index contributed by atoms with van der Waals surface area (Å²) >= 11 is 0. The maximum absolute atomic E-state index is 13.3. The van der Waals surface area contributed by atoms with Crippen molar-refractivity contribution >= 4 is 17.5 Å². The number of halogens is 3. The molecule has 2 N–H and O–H groups in total. The Bertz CT molecular complexity index is 567. The zero-order valence-corrected chi connectivity index (χ0v) is 10.9. The van der Waals surface area contributed by atoms with E-state index in [4.69, 9.17) is 0 Å². The minimum absolute atomic E-state index is 0.416. The van der Waals surface area contributed by atoms with E-state index in [-0.39, 0.29) is 0 Å². The smallest absolute Gasteiger partial charge is 0.244 e. The van der Waals surface area contributed by atoms with Gasteiger partial charge in [0.25, 0.3) is 0 Å². The van der Waals surface area contributed by atoms with Gasteiger partial charge in [0.1, 0.15) is 0 Å². The summed E-state index contributed by atoms with van der Waals surface area (Å²) in [4.78, 5) is 22.6.